The van der Waals surface area contributed by atoms with Crippen LogP contribution in [0.1, 0.15) is 12.6 Å². The number of ether oxygens (including phenoxy) is 1. The molecule has 0 aliphatic carbocycles. The summed E-state index contributed by atoms with van der Waals surface area (Å²) in [7, 11) is 0. The maximum absolute atomic E-state index is 12.7. The zero-order valence-corrected chi connectivity index (χ0v) is 8.73. The van der Waals surface area contributed by atoms with Crippen LogP contribution in [0.4, 0.5) is 10.2 Å². The third-order valence-corrected chi connectivity index (χ3v) is 2.57. The van der Waals surface area contributed by atoms with Crippen molar-refractivity contribution in [2.45, 2.75) is 31.2 Å². The molecule has 17 heavy (non-hydrogen) atoms. The van der Waals surface area contributed by atoms with Crippen LogP contribution in [0.25, 0.3) is 0 Å². The molecule has 1 fully saturated rings. The molecule has 2 unspecified atom stereocenters. The maximum atomic E-state index is 12.7. The van der Waals surface area contributed by atoms with E-state index < -0.39 is 30.5 Å². The highest BCUT2D eigenvalue weighted by Crippen LogP contribution is 2.29. The quantitative estimate of drug-likeness (QED) is 0.601. The summed E-state index contributed by atoms with van der Waals surface area (Å²) < 4.78 is 18.8. The van der Waals surface area contributed by atoms with Gasteiger partial charge in [-0.05, 0) is 6.07 Å². The summed E-state index contributed by atoms with van der Waals surface area (Å²) in [6.45, 7) is 0. The van der Waals surface area contributed by atoms with Gasteiger partial charge in [0.25, 0.3) is 0 Å². The smallest absolute Gasteiger partial charge is 0.351 e. The van der Waals surface area contributed by atoms with Gasteiger partial charge in [0.1, 0.15) is 18.1 Å². The van der Waals surface area contributed by atoms with Gasteiger partial charge in [-0.1, -0.05) is 0 Å². The molecule has 1 aromatic heterocycles. The number of nitrogens with zero attached hydrogens (tertiary/aromatic N) is 2. The van der Waals surface area contributed by atoms with Crippen LogP contribution in [-0.4, -0.2) is 38.3 Å². The molecule has 0 amide bonds. The summed E-state index contributed by atoms with van der Waals surface area (Å²) in [5, 5.41) is 18.2. The number of anilines is 1. The summed E-state index contributed by atoms with van der Waals surface area (Å²) in [5.41, 5.74) is 4.66. The molecule has 94 valence electrons. The average Bonchev–Trinajstić information content (AvgIpc) is 2.60. The molecule has 0 bridgehead atoms. The van der Waals surface area contributed by atoms with Crippen molar-refractivity contribution in [2.75, 3.05) is 5.73 Å². The number of aliphatic hydroxyl groups excluding tert-OH is 2. The fourth-order valence-electron chi connectivity index (χ4n) is 1.74. The molecule has 7 nitrogen and oxygen atoms in total. The van der Waals surface area contributed by atoms with Crippen molar-refractivity contribution in [1.29, 1.82) is 0 Å². The first-order valence-corrected chi connectivity index (χ1v) is 4.99. The number of alkyl halides is 1. The van der Waals surface area contributed by atoms with E-state index in [1.807, 2.05) is 0 Å². The van der Waals surface area contributed by atoms with Crippen LogP contribution in [0.5, 0.6) is 0 Å². The van der Waals surface area contributed by atoms with E-state index in [1.54, 1.807) is 0 Å². The van der Waals surface area contributed by atoms with Crippen LogP contribution in [-0.2, 0) is 4.74 Å². The van der Waals surface area contributed by atoms with E-state index >= 15 is 0 Å². The van der Waals surface area contributed by atoms with Gasteiger partial charge in [0, 0.05) is 12.6 Å². The van der Waals surface area contributed by atoms with E-state index in [2.05, 4.69) is 4.98 Å². The number of hydrogen-bond acceptors (Lipinski definition) is 6. The molecule has 4 N–H and O–H groups in total. The Morgan fingerprint density at radius 1 is 1.71 bits per heavy atom. The van der Waals surface area contributed by atoms with E-state index in [9.17, 15) is 14.3 Å². The number of nitrogen functional groups attached to an aromatic ring is 1. The molecule has 0 radical (unpaired) electrons. The molecular weight excluding hydrogens is 233 g/mol. The third-order valence-electron chi connectivity index (χ3n) is 2.57. The lowest BCUT2D eigenvalue weighted by molar-refractivity contribution is -0.130. The van der Waals surface area contributed by atoms with Crippen molar-refractivity contribution in [3.05, 3.63) is 22.7 Å². The van der Waals surface area contributed by atoms with Crippen molar-refractivity contribution >= 4 is 5.82 Å². The normalized spacial score (nSPS) is 30.4. The lowest BCUT2D eigenvalue weighted by Crippen LogP contribution is -2.31. The Balaban J connectivity index is 2.23. The van der Waals surface area contributed by atoms with E-state index in [-0.39, 0.29) is 12.2 Å². The maximum Gasteiger partial charge on any atom is 0.351 e. The molecule has 2 rings (SSSR count). The number of nitrogens with two attached hydrogens (primary N) is 1. The Morgan fingerprint density at radius 3 is 2.94 bits per heavy atom. The van der Waals surface area contributed by atoms with E-state index in [0.717, 1.165) is 4.57 Å². The van der Waals surface area contributed by atoms with Crippen LogP contribution in [0.3, 0.4) is 0 Å². The summed E-state index contributed by atoms with van der Waals surface area (Å²) in [6.07, 6.45) is -4.35. The van der Waals surface area contributed by atoms with Crippen molar-refractivity contribution < 1.29 is 19.3 Å². The first-order valence-electron chi connectivity index (χ1n) is 4.99. The second-order valence-electron chi connectivity index (χ2n) is 3.77. The Bertz CT molecular complexity index is 464. The minimum Gasteiger partial charge on any atom is -0.390 e. The molecule has 4 atom stereocenters. The van der Waals surface area contributed by atoms with Crippen molar-refractivity contribution in [3.8, 4) is 0 Å². The summed E-state index contributed by atoms with van der Waals surface area (Å²) >= 11 is 0. The molecule has 1 aliphatic heterocycles. The molecular formula is C9H12FN3O4. The van der Waals surface area contributed by atoms with Gasteiger partial charge in [-0.2, -0.15) is 4.98 Å². The highest BCUT2D eigenvalue weighted by Gasteiger charge is 2.40. The van der Waals surface area contributed by atoms with Gasteiger partial charge in [0.05, 0.1) is 6.10 Å². The zero-order chi connectivity index (χ0) is 12.6. The van der Waals surface area contributed by atoms with E-state index in [0.29, 0.717) is 0 Å². The lowest BCUT2D eigenvalue weighted by Gasteiger charge is -2.15. The number of rotatable bonds is 2. The van der Waals surface area contributed by atoms with Crippen molar-refractivity contribution in [1.82, 2.24) is 9.55 Å². The van der Waals surface area contributed by atoms with Gasteiger partial charge in [-0.3, -0.25) is 4.57 Å². The van der Waals surface area contributed by atoms with Gasteiger partial charge in [-0.15, -0.1) is 0 Å². The highest BCUT2D eigenvalue weighted by molar-refractivity contribution is 5.23. The standard InChI is InChI=1S/C9H12FN3O4/c10-8(15)7-4(14)3-6(17-7)13-2-1-5(11)12-9(13)16/h1-2,4,6-8,14-15H,3H2,(H2,11,12,16)/t4-,6?,7-,8?/m0/s1. The summed E-state index contributed by atoms with van der Waals surface area (Å²) in [5.74, 6) is 0.0619. The van der Waals surface area contributed by atoms with Gasteiger partial charge >= 0.3 is 5.69 Å². The lowest BCUT2D eigenvalue weighted by atomic mass is 10.2. The van der Waals surface area contributed by atoms with E-state index in [1.165, 1.54) is 12.3 Å². The van der Waals surface area contributed by atoms with Gasteiger partial charge in [-0.25, -0.2) is 9.18 Å². The predicted octanol–water partition coefficient (Wildman–Crippen LogP) is -1.24. The molecule has 0 spiro atoms. The minimum absolute atomic E-state index is 0.00283. The monoisotopic (exact) mass is 245 g/mol. The van der Waals surface area contributed by atoms with Crippen LogP contribution in [0.15, 0.2) is 17.1 Å². The molecule has 1 aromatic rings. The second kappa shape index (κ2) is 4.40. The van der Waals surface area contributed by atoms with Crippen LogP contribution >= 0.6 is 0 Å². The zero-order valence-electron chi connectivity index (χ0n) is 8.73. The first-order chi connectivity index (χ1) is 7.99. The fraction of sp³-hybridized carbons (Fsp3) is 0.556. The first kappa shape index (κ1) is 12.0. The molecule has 1 aliphatic rings. The Hall–Kier alpha value is -1.51. The predicted molar refractivity (Wildman–Crippen MR) is 54.6 cm³/mol. The van der Waals surface area contributed by atoms with Crippen LogP contribution in [0.2, 0.25) is 0 Å². The molecule has 0 aromatic carbocycles. The van der Waals surface area contributed by atoms with Crippen molar-refractivity contribution in [3.63, 3.8) is 0 Å². The van der Waals surface area contributed by atoms with E-state index in [4.69, 9.17) is 15.6 Å². The molecule has 8 heteroatoms. The number of aliphatic hydroxyl groups is 2. The topological polar surface area (TPSA) is 111 Å². The Kier molecular flexibility index (Phi) is 3.09. The molecule has 1 saturated heterocycles. The molecule has 0 saturated carbocycles. The third kappa shape index (κ3) is 2.28. The summed E-state index contributed by atoms with van der Waals surface area (Å²) in [4.78, 5) is 14.9. The second-order valence-corrected chi connectivity index (χ2v) is 3.77. The minimum atomic E-state index is -2.30. The Labute approximate surface area is 95.3 Å². The molecule has 2 heterocycles. The highest BCUT2D eigenvalue weighted by atomic mass is 19.1. The van der Waals surface area contributed by atoms with Crippen LogP contribution < -0.4 is 11.4 Å². The SMILES string of the molecule is Nc1ccn(C2C[C@H](O)[C@@H](C(O)F)O2)c(=O)n1. The summed E-state index contributed by atoms with van der Waals surface area (Å²) in [6, 6.07) is 1.39. The largest absolute Gasteiger partial charge is 0.390 e. The fourth-order valence-corrected chi connectivity index (χ4v) is 1.74. The van der Waals surface area contributed by atoms with Crippen molar-refractivity contribution in [2.24, 2.45) is 0 Å². The number of halogens is 1. The Morgan fingerprint density at radius 2 is 2.41 bits per heavy atom. The van der Waals surface area contributed by atoms with Gasteiger partial charge in [0.2, 0.25) is 6.36 Å². The van der Waals surface area contributed by atoms with Crippen LogP contribution in [0, 0.1) is 0 Å². The van der Waals surface area contributed by atoms with Gasteiger partial charge < -0.3 is 20.7 Å². The number of hydrogen-bond donors (Lipinski definition) is 3. The van der Waals surface area contributed by atoms with Gasteiger partial charge in [0.15, 0.2) is 0 Å². The number of aromatic nitrogens is 2. The average molecular weight is 245 g/mol.